The molecule has 0 unspecified atom stereocenters. The van der Waals surface area contributed by atoms with E-state index in [1.165, 1.54) is 5.57 Å². The van der Waals surface area contributed by atoms with E-state index in [-0.39, 0.29) is 5.91 Å². The zero-order valence-corrected chi connectivity index (χ0v) is 17.2. The summed E-state index contributed by atoms with van der Waals surface area (Å²) in [4.78, 5) is 17.3. The van der Waals surface area contributed by atoms with E-state index in [2.05, 4.69) is 41.9 Å². The average Bonchev–Trinajstić information content (AvgIpc) is 2.92. The fourth-order valence-electron chi connectivity index (χ4n) is 3.93. The lowest BCUT2D eigenvalue weighted by Gasteiger charge is -2.12. The first kappa shape index (κ1) is 19.8. The molecule has 0 radical (unpaired) electrons. The summed E-state index contributed by atoms with van der Waals surface area (Å²) in [5, 5.41) is 7.71. The summed E-state index contributed by atoms with van der Waals surface area (Å²) in [6.07, 6.45) is 6.98. The van der Waals surface area contributed by atoms with Crippen LogP contribution in [-0.4, -0.2) is 21.9 Å². The van der Waals surface area contributed by atoms with Crippen LogP contribution in [0.25, 0.3) is 5.57 Å². The van der Waals surface area contributed by atoms with E-state index in [4.69, 9.17) is 0 Å². The Morgan fingerprint density at radius 2 is 2.14 bits per heavy atom. The summed E-state index contributed by atoms with van der Waals surface area (Å²) in [6, 6.07) is 6.10. The molecule has 0 aliphatic heterocycles. The number of fused-ring (bicyclic) bond motifs is 1. The Morgan fingerprint density at radius 3 is 2.86 bits per heavy atom. The van der Waals surface area contributed by atoms with E-state index in [1.807, 2.05) is 37.0 Å². The number of anilines is 1. The normalized spacial score (nSPS) is 14.1. The molecule has 0 atom stereocenters. The van der Waals surface area contributed by atoms with Gasteiger partial charge in [0.25, 0.3) is 5.91 Å². The number of amides is 1. The molecule has 5 nitrogen and oxygen atoms in total. The monoisotopic (exact) mass is 376 g/mol. The molecule has 0 spiro atoms. The van der Waals surface area contributed by atoms with Gasteiger partial charge in [0.15, 0.2) is 5.69 Å². The van der Waals surface area contributed by atoms with Gasteiger partial charge in [0.1, 0.15) is 0 Å². The number of allylic oxidation sites excluding steroid dienone is 2. The third-order valence-corrected chi connectivity index (χ3v) is 5.38. The van der Waals surface area contributed by atoms with Crippen LogP contribution in [0.2, 0.25) is 0 Å². The van der Waals surface area contributed by atoms with E-state index in [1.54, 1.807) is 6.20 Å². The van der Waals surface area contributed by atoms with Crippen LogP contribution in [0.3, 0.4) is 0 Å². The standard InChI is InChI=1S/C23H28N4O/c1-6-17-11-8-10-15(3)20(17)25-23(28)21-19-13-9-12-18(14-24-7-2)16(4)22(19)27(5)26-21/h7-8,10-11,14H,2,6,9,12-13H2,1,3-5H3,(H,25,28). The highest BCUT2D eigenvalue weighted by molar-refractivity contribution is 6.05. The lowest BCUT2D eigenvalue weighted by atomic mass is 10.0. The number of para-hydroxylation sites is 1. The predicted molar refractivity (Wildman–Crippen MR) is 116 cm³/mol. The molecule has 1 aliphatic rings. The Kier molecular flexibility index (Phi) is 5.93. The van der Waals surface area contributed by atoms with Gasteiger partial charge < -0.3 is 5.32 Å². The van der Waals surface area contributed by atoms with Crippen molar-refractivity contribution in [3.05, 3.63) is 64.6 Å². The Morgan fingerprint density at radius 1 is 1.36 bits per heavy atom. The van der Waals surface area contributed by atoms with Crippen molar-refractivity contribution < 1.29 is 4.79 Å². The van der Waals surface area contributed by atoms with Crippen LogP contribution < -0.4 is 5.32 Å². The van der Waals surface area contributed by atoms with E-state index < -0.39 is 0 Å². The first-order valence-electron chi connectivity index (χ1n) is 9.77. The van der Waals surface area contributed by atoms with Gasteiger partial charge in [0.05, 0.1) is 5.69 Å². The van der Waals surface area contributed by atoms with Crippen molar-refractivity contribution in [2.75, 3.05) is 5.32 Å². The van der Waals surface area contributed by atoms with Crippen LogP contribution in [0, 0.1) is 6.92 Å². The van der Waals surface area contributed by atoms with Gasteiger partial charge in [0.2, 0.25) is 0 Å². The number of aliphatic imine (C=N–C) groups is 1. The Bertz CT molecular complexity index is 979. The van der Waals surface area contributed by atoms with Gasteiger partial charge >= 0.3 is 0 Å². The molecular weight excluding hydrogens is 348 g/mol. The van der Waals surface area contributed by atoms with Crippen LogP contribution in [0.5, 0.6) is 0 Å². The largest absolute Gasteiger partial charge is 0.320 e. The Hall–Kier alpha value is -2.95. The molecule has 0 bridgehead atoms. The number of aromatic nitrogens is 2. The number of aryl methyl sites for hydroxylation is 3. The third-order valence-electron chi connectivity index (χ3n) is 5.38. The second-order valence-corrected chi connectivity index (χ2v) is 7.18. The van der Waals surface area contributed by atoms with Gasteiger partial charge in [-0.05, 0) is 61.8 Å². The van der Waals surface area contributed by atoms with Gasteiger partial charge in [0, 0.05) is 30.7 Å². The molecule has 1 N–H and O–H groups in total. The molecule has 1 amide bonds. The topological polar surface area (TPSA) is 59.3 Å². The summed E-state index contributed by atoms with van der Waals surface area (Å²) in [7, 11) is 1.90. The molecular formula is C23H28N4O. The lowest BCUT2D eigenvalue weighted by molar-refractivity contribution is 0.102. The number of carbonyl (C=O) groups excluding carboxylic acids is 1. The summed E-state index contributed by atoms with van der Waals surface area (Å²) >= 11 is 0. The fraction of sp³-hybridized carbons (Fsp3) is 0.348. The van der Waals surface area contributed by atoms with Crippen molar-refractivity contribution in [1.82, 2.24) is 9.78 Å². The van der Waals surface area contributed by atoms with Gasteiger partial charge in [-0.25, -0.2) is 0 Å². The number of hydrogen-bond acceptors (Lipinski definition) is 3. The zero-order chi connectivity index (χ0) is 20.3. The summed E-state index contributed by atoms with van der Waals surface area (Å²) in [6.45, 7) is 9.85. The van der Waals surface area contributed by atoms with E-state index in [9.17, 15) is 4.79 Å². The minimum atomic E-state index is -0.142. The van der Waals surface area contributed by atoms with Crippen molar-refractivity contribution in [3.8, 4) is 0 Å². The molecule has 28 heavy (non-hydrogen) atoms. The summed E-state index contributed by atoms with van der Waals surface area (Å²) in [5.41, 5.74) is 7.94. The molecule has 0 fully saturated rings. The van der Waals surface area contributed by atoms with E-state index in [0.29, 0.717) is 5.69 Å². The van der Waals surface area contributed by atoms with Gasteiger partial charge in [-0.3, -0.25) is 14.5 Å². The summed E-state index contributed by atoms with van der Waals surface area (Å²) in [5.74, 6) is -0.142. The fourth-order valence-corrected chi connectivity index (χ4v) is 3.93. The highest BCUT2D eigenvalue weighted by Gasteiger charge is 2.26. The minimum Gasteiger partial charge on any atom is -0.320 e. The van der Waals surface area contributed by atoms with Crippen molar-refractivity contribution in [3.63, 3.8) is 0 Å². The molecule has 5 heteroatoms. The number of benzene rings is 1. The maximum absolute atomic E-state index is 13.1. The molecule has 1 aromatic heterocycles. The first-order chi connectivity index (χ1) is 13.5. The molecule has 0 saturated carbocycles. The van der Waals surface area contributed by atoms with Crippen molar-refractivity contribution in [2.45, 2.75) is 46.5 Å². The molecule has 0 saturated heterocycles. The highest BCUT2D eigenvalue weighted by Crippen LogP contribution is 2.32. The number of hydrogen-bond donors (Lipinski definition) is 1. The maximum atomic E-state index is 13.1. The molecule has 1 heterocycles. The van der Waals surface area contributed by atoms with Crippen molar-refractivity contribution >= 4 is 23.4 Å². The number of carbonyl (C=O) groups is 1. The van der Waals surface area contributed by atoms with Crippen LogP contribution in [0.4, 0.5) is 5.69 Å². The lowest BCUT2D eigenvalue weighted by Crippen LogP contribution is -2.17. The molecule has 1 aliphatic carbocycles. The number of rotatable bonds is 5. The summed E-state index contributed by atoms with van der Waals surface area (Å²) < 4.78 is 1.82. The number of nitrogens with one attached hydrogen (secondary N) is 1. The van der Waals surface area contributed by atoms with Crippen molar-refractivity contribution in [1.29, 1.82) is 0 Å². The average molecular weight is 377 g/mol. The van der Waals surface area contributed by atoms with E-state index in [0.717, 1.165) is 59.3 Å². The van der Waals surface area contributed by atoms with Crippen LogP contribution in [0.15, 0.2) is 41.5 Å². The van der Waals surface area contributed by atoms with Gasteiger partial charge in [-0.15, -0.1) is 0 Å². The van der Waals surface area contributed by atoms with Crippen molar-refractivity contribution in [2.24, 2.45) is 12.0 Å². The van der Waals surface area contributed by atoms with Crippen LogP contribution in [-0.2, 0) is 19.9 Å². The molecule has 3 rings (SSSR count). The van der Waals surface area contributed by atoms with Crippen LogP contribution in [0.1, 0.15) is 59.6 Å². The maximum Gasteiger partial charge on any atom is 0.276 e. The van der Waals surface area contributed by atoms with Gasteiger partial charge in [-0.1, -0.05) is 31.7 Å². The number of nitrogens with zero attached hydrogens (tertiary/aromatic N) is 3. The second kappa shape index (κ2) is 8.38. The Labute approximate surface area is 166 Å². The van der Waals surface area contributed by atoms with Crippen LogP contribution >= 0.6 is 0 Å². The Balaban J connectivity index is 2.01. The minimum absolute atomic E-state index is 0.142. The third kappa shape index (κ3) is 3.70. The first-order valence-corrected chi connectivity index (χ1v) is 9.77. The predicted octanol–water partition coefficient (Wildman–Crippen LogP) is 4.87. The SMILES string of the molecule is C=CN=CC1=C(C)c2c(c(C(=O)Nc3c(C)cccc3CC)nn2C)CCC1. The molecule has 146 valence electrons. The zero-order valence-electron chi connectivity index (χ0n) is 17.2. The highest BCUT2D eigenvalue weighted by atomic mass is 16.2. The molecule has 2 aromatic rings. The quantitative estimate of drug-likeness (QED) is 0.757. The smallest absolute Gasteiger partial charge is 0.276 e. The van der Waals surface area contributed by atoms with Gasteiger partial charge in [-0.2, -0.15) is 5.10 Å². The molecule has 1 aromatic carbocycles. The second-order valence-electron chi connectivity index (χ2n) is 7.18. The van der Waals surface area contributed by atoms with E-state index >= 15 is 0 Å².